The topological polar surface area (TPSA) is 96.9 Å². The fourth-order valence-electron chi connectivity index (χ4n) is 5.17. The first-order valence-corrected chi connectivity index (χ1v) is 9.07. The van der Waals surface area contributed by atoms with Crippen LogP contribution in [0.5, 0.6) is 0 Å². The number of aromatic nitrogens is 2. The molecule has 4 rings (SSSR count). The smallest absolute Gasteiger partial charge is 0.235 e. The second-order valence-corrected chi connectivity index (χ2v) is 8.19. The molecule has 0 radical (unpaired) electrons. The normalized spacial score (nSPS) is 29.1. The minimum atomic E-state index is -0.741. The summed E-state index contributed by atoms with van der Waals surface area (Å²) in [6.07, 6.45) is 1.60. The third-order valence-electron chi connectivity index (χ3n) is 6.80. The van der Waals surface area contributed by atoms with Crippen LogP contribution in [0.2, 0.25) is 0 Å². The lowest BCUT2D eigenvalue weighted by Crippen LogP contribution is -2.56. The second-order valence-electron chi connectivity index (χ2n) is 8.19. The van der Waals surface area contributed by atoms with Crippen LogP contribution in [-0.4, -0.2) is 58.9 Å². The Morgan fingerprint density at radius 2 is 1.73 bits per heavy atom. The number of rotatable bonds is 1. The van der Waals surface area contributed by atoms with E-state index >= 15 is 0 Å². The number of piperazine rings is 1. The van der Waals surface area contributed by atoms with Crippen LogP contribution in [0, 0.1) is 28.1 Å². The Hall–Kier alpha value is -2.51. The van der Waals surface area contributed by atoms with E-state index in [2.05, 4.69) is 35.8 Å². The van der Waals surface area contributed by atoms with Crippen molar-refractivity contribution in [1.29, 1.82) is 10.5 Å². The summed E-state index contributed by atoms with van der Waals surface area (Å²) in [5.41, 5.74) is 0.418. The van der Waals surface area contributed by atoms with E-state index in [0.29, 0.717) is 18.8 Å². The van der Waals surface area contributed by atoms with Gasteiger partial charge in [-0.3, -0.25) is 4.79 Å². The number of nitriles is 2. The number of carbonyl (C=O) groups is 1. The molecule has 1 aromatic rings. The average Bonchev–Trinajstić information content (AvgIpc) is 3.02. The summed E-state index contributed by atoms with van der Waals surface area (Å²) in [5, 5.41) is 18.7. The Kier molecular flexibility index (Phi) is 3.58. The van der Waals surface area contributed by atoms with Crippen LogP contribution in [0.15, 0.2) is 0 Å². The van der Waals surface area contributed by atoms with Crippen LogP contribution < -0.4 is 0 Å². The Morgan fingerprint density at radius 1 is 1.12 bits per heavy atom. The van der Waals surface area contributed by atoms with Crippen molar-refractivity contribution in [3.8, 4) is 12.1 Å². The van der Waals surface area contributed by atoms with Gasteiger partial charge < -0.3 is 9.80 Å². The number of hydrogen-bond acceptors (Lipinski definition) is 6. The molecule has 2 heterocycles. The van der Waals surface area contributed by atoms with Crippen molar-refractivity contribution in [2.24, 2.45) is 5.41 Å². The van der Waals surface area contributed by atoms with Crippen LogP contribution in [0.3, 0.4) is 0 Å². The third kappa shape index (κ3) is 1.92. The van der Waals surface area contributed by atoms with Gasteiger partial charge in [-0.05, 0) is 25.3 Å². The van der Waals surface area contributed by atoms with Crippen molar-refractivity contribution in [2.75, 3.05) is 33.2 Å². The molecule has 0 spiro atoms. The van der Waals surface area contributed by atoms with Gasteiger partial charge in [0.1, 0.15) is 12.1 Å². The van der Waals surface area contributed by atoms with Gasteiger partial charge in [-0.25, -0.2) is 9.97 Å². The first kappa shape index (κ1) is 16.9. The molecule has 1 aromatic heterocycles. The summed E-state index contributed by atoms with van der Waals surface area (Å²) >= 11 is 0. The Morgan fingerprint density at radius 3 is 2.35 bits per heavy atom. The minimum absolute atomic E-state index is 0.0279. The monoisotopic (exact) mass is 350 g/mol. The molecule has 0 aromatic carbocycles. The van der Waals surface area contributed by atoms with E-state index in [1.54, 1.807) is 0 Å². The second kappa shape index (κ2) is 5.49. The highest BCUT2D eigenvalue weighted by Crippen LogP contribution is 2.67. The maximum absolute atomic E-state index is 13.7. The van der Waals surface area contributed by atoms with Gasteiger partial charge in [0.05, 0.1) is 16.8 Å². The van der Waals surface area contributed by atoms with Gasteiger partial charge in [0, 0.05) is 32.1 Å². The van der Waals surface area contributed by atoms with Gasteiger partial charge in [0.15, 0.2) is 11.4 Å². The summed E-state index contributed by atoms with van der Waals surface area (Å²) in [7, 11) is 2.06. The van der Waals surface area contributed by atoms with E-state index in [9.17, 15) is 15.3 Å². The quantitative estimate of drug-likeness (QED) is 0.754. The van der Waals surface area contributed by atoms with E-state index in [0.717, 1.165) is 31.6 Å². The standard InChI is InChI=1S/C19H22N6O/c1-18(2)12-4-5-19(18,17(26)25-8-6-24(3)7-9-25)16-15(12)22-13(10-20)14(11-21)23-16/h12H,4-9H2,1-3H3. The van der Waals surface area contributed by atoms with Gasteiger partial charge in [0.2, 0.25) is 5.91 Å². The highest BCUT2D eigenvalue weighted by atomic mass is 16.2. The molecule has 2 aliphatic carbocycles. The number of carbonyl (C=O) groups excluding carboxylic acids is 1. The van der Waals surface area contributed by atoms with Crippen molar-refractivity contribution in [1.82, 2.24) is 19.8 Å². The van der Waals surface area contributed by atoms with Crippen molar-refractivity contribution in [2.45, 2.75) is 38.0 Å². The lowest BCUT2D eigenvalue weighted by molar-refractivity contribution is -0.142. The Balaban J connectivity index is 1.85. The number of amides is 1. The van der Waals surface area contributed by atoms with Gasteiger partial charge in [-0.1, -0.05) is 13.8 Å². The molecule has 1 amide bonds. The summed E-state index contributed by atoms with van der Waals surface area (Å²) in [6.45, 7) is 7.37. The maximum atomic E-state index is 13.7. The fourth-order valence-corrected chi connectivity index (χ4v) is 5.17. The van der Waals surface area contributed by atoms with Gasteiger partial charge in [0.25, 0.3) is 0 Å². The summed E-state index contributed by atoms with van der Waals surface area (Å²) < 4.78 is 0. The Bertz CT molecular complexity index is 871. The highest BCUT2D eigenvalue weighted by Gasteiger charge is 2.68. The number of likely N-dealkylation sites (N-methyl/N-ethyl adjacent to an activating group) is 1. The molecule has 2 fully saturated rings. The van der Waals surface area contributed by atoms with E-state index in [4.69, 9.17) is 0 Å². The largest absolute Gasteiger partial charge is 0.339 e. The van der Waals surface area contributed by atoms with Crippen LogP contribution >= 0.6 is 0 Å². The van der Waals surface area contributed by atoms with Crippen LogP contribution in [0.1, 0.15) is 55.4 Å². The zero-order valence-electron chi connectivity index (χ0n) is 15.4. The molecule has 7 nitrogen and oxygen atoms in total. The van der Waals surface area contributed by atoms with Gasteiger partial charge in [-0.2, -0.15) is 10.5 Å². The average molecular weight is 350 g/mol. The third-order valence-corrected chi connectivity index (χ3v) is 6.80. The van der Waals surface area contributed by atoms with E-state index in [-0.39, 0.29) is 28.6 Å². The molecule has 7 heteroatoms. The molecule has 2 bridgehead atoms. The lowest BCUT2D eigenvalue weighted by atomic mass is 9.67. The molecule has 1 saturated heterocycles. The van der Waals surface area contributed by atoms with E-state index < -0.39 is 5.41 Å². The predicted octanol–water partition coefficient (Wildman–Crippen LogP) is 1.15. The Labute approximate surface area is 153 Å². The molecule has 1 aliphatic heterocycles. The van der Waals surface area contributed by atoms with E-state index in [1.165, 1.54) is 0 Å². The van der Waals surface area contributed by atoms with Crippen molar-refractivity contribution in [3.05, 3.63) is 22.8 Å². The maximum Gasteiger partial charge on any atom is 0.235 e. The molecular formula is C19H22N6O. The number of nitrogens with zero attached hydrogens (tertiary/aromatic N) is 6. The molecule has 26 heavy (non-hydrogen) atoms. The molecule has 2 unspecified atom stereocenters. The summed E-state index contributed by atoms with van der Waals surface area (Å²) in [4.78, 5) is 26.9. The molecule has 2 atom stereocenters. The van der Waals surface area contributed by atoms with Crippen LogP contribution in [0.25, 0.3) is 0 Å². The van der Waals surface area contributed by atoms with Crippen LogP contribution in [-0.2, 0) is 10.2 Å². The summed E-state index contributed by atoms with van der Waals surface area (Å²) in [6, 6.07) is 3.95. The lowest BCUT2D eigenvalue weighted by Gasteiger charge is -2.42. The zero-order chi connectivity index (χ0) is 18.7. The number of fused-ring (bicyclic) bond motifs is 5. The minimum Gasteiger partial charge on any atom is -0.339 e. The summed E-state index contributed by atoms with van der Waals surface area (Å²) in [5.74, 6) is 0.209. The SMILES string of the molecule is CN1CCN(C(=O)C23CCC(c4nc(C#N)c(C#N)nc42)C3(C)C)CC1. The van der Waals surface area contributed by atoms with Crippen molar-refractivity contribution in [3.63, 3.8) is 0 Å². The first-order valence-electron chi connectivity index (χ1n) is 9.07. The first-order chi connectivity index (χ1) is 12.4. The molecule has 134 valence electrons. The van der Waals surface area contributed by atoms with Crippen molar-refractivity contribution >= 4 is 5.91 Å². The molecule has 1 saturated carbocycles. The molecule has 3 aliphatic rings. The number of hydrogen-bond donors (Lipinski definition) is 0. The van der Waals surface area contributed by atoms with Crippen molar-refractivity contribution < 1.29 is 4.79 Å². The van der Waals surface area contributed by atoms with Gasteiger partial charge >= 0.3 is 0 Å². The van der Waals surface area contributed by atoms with E-state index in [1.807, 2.05) is 17.0 Å². The molecular weight excluding hydrogens is 328 g/mol. The highest BCUT2D eigenvalue weighted by molar-refractivity contribution is 5.91. The molecule has 0 N–H and O–H groups in total. The van der Waals surface area contributed by atoms with Gasteiger partial charge in [-0.15, -0.1) is 0 Å². The van der Waals surface area contributed by atoms with Crippen LogP contribution in [0.4, 0.5) is 0 Å². The zero-order valence-corrected chi connectivity index (χ0v) is 15.4. The predicted molar refractivity (Wildman–Crippen MR) is 93.0 cm³/mol. The fraction of sp³-hybridized carbons (Fsp3) is 0.632.